The van der Waals surface area contributed by atoms with Gasteiger partial charge in [-0.1, -0.05) is 58.9 Å². The van der Waals surface area contributed by atoms with Gasteiger partial charge in [0, 0.05) is 29.7 Å². The summed E-state index contributed by atoms with van der Waals surface area (Å²) in [5.74, 6) is 1.63. The molecule has 196 valence electrons. The van der Waals surface area contributed by atoms with Gasteiger partial charge in [-0.15, -0.1) is 0 Å². The van der Waals surface area contributed by atoms with Gasteiger partial charge in [0.2, 0.25) is 5.91 Å². The molecule has 2 aliphatic rings. The number of nitrogens with one attached hydrogen (secondary N) is 1. The summed E-state index contributed by atoms with van der Waals surface area (Å²) in [6.45, 7) is 21.8. The molecule has 1 amide bonds. The molecule has 0 spiro atoms. The molecular weight excluding hydrogens is 444 g/mol. The Hall–Kier alpha value is -2.33. The van der Waals surface area contributed by atoms with Crippen molar-refractivity contribution in [3.05, 3.63) is 57.6 Å². The van der Waals surface area contributed by atoms with E-state index in [1.165, 1.54) is 35.1 Å². The molecule has 2 heterocycles. The van der Waals surface area contributed by atoms with E-state index in [1.54, 1.807) is 0 Å². The predicted molar refractivity (Wildman–Crippen MR) is 150 cm³/mol. The van der Waals surface area contributed by atoms with Crippen LogP contribution in [0.2, 0.25) is 0 Å². The molecule has 1 atom stereocenters. The van der Waals surface area contributed by atoms with Crippen LogP contribution < -0.4 is 10.1 Å². The third-order valence-corrected chi connectivity index (χ3v) is 7.91. The maximum absolute atomic E-state index is 13.1. The zero-order valence-corrected chi connectivity index (χ0v) is 24.0. The molecule has 2 aliphatic heterocycles. The number of carbonyl (C=O) groups is 1. The summed E-state index contributed by atoms with van der Waals surface area (Å²) in [5, 5.41) is 3.34. The summed E-state index contributed by atoms with van der Waals surface area (Å²) < 4.78 is 6.83. The third-order valence-electron chi connectivity index (χ3n) is 7.91. The molecule has 1 unspecified atom stereocenters. The number of anilines is 1. The maximum Gasteiger partial charge on any atom is 0.224 e. The molecular formula is C32H46N2O2. The van der Waals surface area contributed by atoms with Crippen LogP contribution in [0.4, 0.5) is 5.69 Å². The van der Waals surface area contributed by atoms with E-state index >= 15 is 0 Å². The number of carbonyl (C=O) groups excluding carboxylic acids is 1. The van der Waals surface area contributed by atoms with E-state index in [1.807, 2.05) is 0 Å². The number of benzene rings is 2. The second kappa shape index (κ2) is 9.85. The molecule has 0 radical (unpaired) electrons. The molecule has 4 rings (SSSR count). The van der Waals surface area contributed by atoms with Crippen LogP contribution in [-0.4, -0.2) is 29.5 Å². The molecule has 2 aromatic carbocycles. The topological polar surface area (TPSA) is 41.6 Å². The molecule has 1 N–H and O–H groups in total. The number of ether oxygens (including phenoxy) is 1. The highest BCUT2D eigenvalue weighted by Crippen LogP contribution is 2.53. The van der Waals surface area contributed by atoms with Crippen LogP contribution in [0.25, 0.3) is 0 Å². The van der Waals surface area contributed by atoms with Crippen LogP contribution in [-0.2, 0) is 11.2 Å². The summed E-state index contributed by atoms with van der Waals surface area (Å²) in [4.78, 5) is 15.7. The minimum atomic E-state index is -0.325. The lowest BCUT2D eigenvalue weighted by atomic mass is 9.85. The number of fused-ring (bicyclic) bond motifs is 1. The van der Waals surface area contributed by atoms with Crippen molar-refractivity contribution in [1.82, 2.24) is 4.90 Å². The Kier molecular flexibility index (Phi) is 7.31. The molecule has 4 heteroatoms. The normalized spacial score (nSPS) is 19.4. The molecule has 2 aromatic rings. The van der Waals surface area contributed by atoms with Crippen LogP contribution in [0.1, 0.15) is 113 Å². The largest absolute Gasteiger partial charge is 0.485 e. The van der Waals surface area contributed by atoms with Gasteiger partial charge < -0.3 is 10.1 Å². The molecule has 0 saturated carbocycles. The van der Waals surface area contributed by atoms with Gasteiger partial charge in [0.15, 0.2) is 0 Å². The highest BCUT2D eigenvalue weighted by Gasteiger charge is 2.48. The average Bonchev–Trinajstić information content (AvgIpc) is 3.38. The maximum atomic E-state index is 13.1. The minimum absolute atomic E-state index is 0.0627. The van der Waals surface area contributed by atoms with Crippen LogP contribution >= 0.6 is 0 Å². The van der Waals surface area contributed by atoms with Gasteiger partial charge in [-0.2, -0.15) is 0 Å². The third kappa shape index (κ3) is 5.34. The predicted octanol–water partition coefficient (Wildman–Crippen LogP) is 7.70. The van der Waals surface area contributed by atoms with Gasteiger partial charge in [-0.05, 0) is 87.2 Å². The molecule has 36 heavy (non-hydrogen) atoms. The Morgan fingerprint density at radius 3 is 2.25 bits per heavy atom. The number of nitrogens with zero attached hydrogens (tertiary/aromatic N) is 1. The quantitative estimate of drug-likeness (QED) is 0.451. The number of amides is 1. The zero-order valence-electron chi connectivity index (χ0n) is 24.0. The zero-order chi connectivity index (χ0) is 26.4. The van der Waals surface area contributed by atoms with E-state index in [0.717, 1.165) is 42.1 Å². The van der Waals surface area contributed by atoms with E-state index in [4.69, 9.17) is 4.74 Å². The highest BCUT2D eigenvalue weighted by molar-refractivity contribution is 5.94. The Morgan fingerprint density at radius 2 is 1.69 bits per heavy atom. The van der Waals surface area contributed by atoms with Gasteiger partial charge in [-0.3, -0.25) is 9.69 Å². The number of rotatable bonds is 6. The van der Waals surface area contributed by atoms with E-state index in [-0.39, 0.29) is 23.0 Å². The van der Waals surface area contributed by atoms with Crippen molar-refractivity contribution in [2.24, 2.45) is 5.41 Å². The average molecular weight is 491 g/mol. The van der Waals surface area contributed by atoms with Gasteiger partial charge in [0.05, 0.1) is 6.04 Å². The van der Waals surface area contributed by atoms with Crippen LogP contribution in [0.3, 0.4) is 0 Å². The summed E-state index contributed by atoms with van der Waals surface area (Å²) in [5.41, 5.74) is 7.97. The van der Waals surface area contributed by atoms with Crippen molar-refractivity contribution < 1.29 is 9.53 Å². The second-order valence-electron chi connectivity index (χ2n) is 13.1. The van der Waals surface area contributed by atoms with Gasteiger partial charge in [-0.25, -0.2) is 0 Å². The SMILES string of the molecule is Cc1c(Cc2ccc(C(C)C)cc2)c2c(c(C)c1NC(=O)CC(C)(C)C)C(N1CCCC1)C(C)(C)O2. The number of hydrogen-bond donors (Lipinski definition) is 1. The van der Waals surface area contributed by atoms with E-state index in [0.29, 0.717) is 12.3 Å². The van der Waals surface area contributed by atoms with E-state index in [2.05, 4.69) is 96.8 Å². The summed E-state index contributed by atoms with van der Waals surface area (Å²) in [7, 11) is 0. The summed E-state index contributed by atoms with van der Waals surface area (Å²) in [6.07, 6.45) is 3.75. The smallest absolute Gasteiger partial charge is 0.224 e. The fourth-order valence-corrected chi connectivity index (χ4v) is 6.09. The monoisotopic (exact) mass is 490 g/mol. The number of likely N-dealkylation sites (tertiary alicyclic amines) is 1. The van der Waals surface area contributed by atoms with Gasteiger partial charge in [0.25, 0.3) is 0 Å². The molecule has 1 saturated heterocycles. The van der Waals surface area contributed by atoms with E-state index < -0.39 is 0 Å². The van der Waals surface area contributed by atoms with Gasteiger partial charge in [0.1, 0.15) is 11.4 Å². The summed E-state index contributed by atoms with van der Waals surface area (Å²) in [6, 6.07) is 9.17. The van der Waals surface area contributed by atoms with Crippen LogP contribution in [0, 0.1) is 19.3 Å². The van der Waals surface area contributed by atoms with Crippen molar-refractivity contribution in [2.45, 2.75) is 106 Å². The fourth-order valence-electron chi connectivity index (χ4n) is 6.09. The molecule has 0 aliphatic carbocycles. The van der Waals surface area contributed by atoms with Crippen molar-refractivity contribution in [3.63, 3.8) is 0 Å². The summed E-state index contributed by atoms with van der Waals surface area (Å²) >= 11 is 0. The first-order chi connectivity index (χ1) is 16.8. The van der Waals surface area contributed by atoms with E-state index in [9.17, 15) is 4.79 Å². The second-order valence-corrected chi connectivity index (χ2v) is 13.1. The van der Waals surface area contributed by atoms with Gasteiger partial charge >= 0.3 is 0 Å². The lowest BCUT2D eigenvalue weighted by Gasteiger charge is -2.34. The van der Waals surface area contributed by atoms with Crippen LogP contribution in [0.5, 0.6) is 5.75 Å². The lowest BCUT2D eigenvalue weighted by molar-refractivity contribution is -0.117. The van der Waals surface area contributed by atoms with Crippen molar-refractivity contribution in [2.75, 3.05) is 18.4 Å². The molecule has 4 nitrogen and oxygen atoms in total. The van der Waals surface area contributed by atoms with Crippen molar-refractivity contribution in [3.8, 4) is 5.75 Å². The standard InChI is InChI=1S/C32H46N2O2/c1-20(2)24-14-12-23(13-15-24)18-25-21(3)28(33-26(35)19-31(5,6)7)22(4)27-29(25)36-32(8,9)30(27)34-16-10-11-17-34/h12-15,20,30H,10-11,16-19H2,1-9H3,(H,33,35). The first kappa shape index (κ1) is 26.7. The Labute approximate surface area is 218 Å². The minimum Gasteiger partial charge on any atom is -0.485 e. The molecule has 0 bridgehead atoms. The van der Waals surface area contributed by atoms with Crippen molar-refractivity contribution in [1.29, 1.82) is 0 Å². The van der Waals surface area contributed by atoms with Crippen molar-refractivity contribution >= 4 is 11.6 Å². The molecule has 1 fully saturated rings. The Balaban J connectivity index is 1.83. The Morgan fingerprint density at radius 1 is 1.08 bits per heavy atom. The first-order valence-electron chi connectivity index (χ1n) is 13.8. The first-order valence-corrected chi connectivity index (χ1v) is 13.8. The van der Waals surface area contributed by atoms with Crippen LogP contribution in [0.15, 0.2) is 24.3 Å². The lowest BCUT2D eigenvalue weighted by Crippen LogP contribution is -2.41. The Bertz CT molecular complexity index is 1120. The number of hydrogen-bond acceptors (Lipinski definition) is 3. The molecule has 0 aromatic heterocycles. The fraction of sp³-hybridized carbons (Fsp3) is 0.594. The highest BCUT2D eigenvalue weighted by atomic mass is 16.5.